The molecule has 4 atom stereocenters. The fourth-order valence-electron chi connectivity index (χ4n) is 6.34. The van der Waals surface area contributed by atoms with Crippen molar-refractivity contribution in [1.82, 2.24) is 9.42 Å². The van der Waals surface area contributed by atoms with Crippen LogP contribution in [0.2, 0.25) is 0 Å². The van der Waals surface area contributed by atoms with Crippen molar-refractivity contribution in [3.63, 3.8) is 0 Å². The van der Waals surface area contributed by atoms with Crippen LogP contribution < -0.4 is 0 Å². The summed E-state index contributed by atoms with van der Waals surface area (Å²) in [5.41, 5.74) is -0.209. The summed E-state index contributed by atoms with van der Waals surface area (Å²) in [5.74, 6) is -1.15. The number of rotatable bonds is 4. The molecule has 0 radical (unpaired) electrons. The van der Waals surface area contributed by atoms with Crippen LogP contribution in [-0.4, -0.2) is 40.8 Å². The van der Waals surface area contributed by atoms with Crippen LogP contribution in [-0.2, 0) is 19.6 Å². The topological polar surface area (TPSA) is 95.0 Å². The molecule has 0 aromatic heterocycles. The van der Waals surface area contributed by atoms with Gasteiger partial charge in [-0.05, 0) is 55.2 Å². The van der Waals surface area contributed by atoms with E-state index in [1.807, 2.05) is 20.8 Å². The minimum absolute atomic E-state index is 0.0582. The van der Waals surface area contributed by atoms with Gasteiger partial charge in [0.05, 0.1) is 16.4 Å². The van der Waals surface area contributed by atoms with Gasteiger partial charge in [0.15, 0.2) is 6.10 Å². The Morgan fingerprint density at radius 1 is 1.09 bits per heavy atom. The fraction of sp³-hybridized carbons (Fsp3) is 0.440. The summed E-state index contributed by atoms with van der Waals surface area (Å²) in [4.78, 5) is 27.6. The van der Waals surface area contributed by atoms with Gasteiger partial charge in [-0.15, -0.1) is 4.41 Å². The molecule has 2 aliphatic carbocycles. The Bertz CT molecular complexity index is 1230. The molecule has 3 fully saturated rings. The predicted molar refractivity (Wildman–Crippen MR) is 121 cm³/mol. The lowest BCUT2D eigenvalue weighted by molar-refractivity contribution is -0.155. The van der Waals surface area contributed by atoms with Crippen LogP contribution in [0.3, 0.4) is 0 Å². The van der Waals surface area contributed by atoms with Crippen molar-refractivity contribution in [2.75, 3.05) is 0 Å². The third-order valence-corrected chi connectivity index (χ3v) is 9.97. The minimum Gasteiger partial charge on any atom is -0.378 e. The summed E-state index contributed by atoms with van der Waals surface area (Å²) in [6.45, 7) is 5.84. The van der Waals surface area contributed by atoms with Crippen LogP contribution in [0.1, 0.15) is 50.3 Å². The normalized spacial score (nSPS) is 28.8. The van der Waals surface area contributed by atoms with E-state index in [2.05, 4.69) is 0 Å². The number of hydrogen-bond acceptors (Lipinski definition) is 5. The summed E-state index contributed by atoms with van der Waals surface area (Å²) >= 11 is 0. The highest BCUT2D eigenvalue weighted by Crippen LogP contribution is 2.70. The molecule has 33 heavy (non-hydrogen) atoms. The maximum Gasteiger partial charge on any atom is 0.284 e. The molecule has 0 unspecified atom stereocenters. The Morgan fingerprint density at radius 2 is 1.73 bits per heavy atom. The van der Waals surface area contributed by atoms with Crippen molar-refractivity contribution >= 4 is 21.8 Å². The standard InChI is InChI=1S/C25H28N2O5S/c1-16-9-11-19(12-10-16)33(31,32)27-23(30)25-14-13-18(24(25,2)3)15-20(25)26(27)22(29)21(28)17-7-5-4-6-8-17/h4-12,18,20-21,28H,13-15H2,1-3H3/t18-,20-,21+,25+/m1/s1. The fourth-order valence-corrected chi connectivity index (χ4v) is 7.83. The van der Waals surface area contributed by atoms with Crippen LogP contribution in [0.4, 0.5) is 0 Å². The van der Waals surface area contributed by atoms with E-state index in [0.717, 1.165) is 17.0 Å². The molecule has 1 N–H and O–H groups in total. The number of fused-ring (bicyclic) bond motifs is 1. The Hall–Kier alpha value is -2.71. The van der Waals surface area contributed by atoms with Crippen molar-refractivity contribution in [3.05, 3.63) is 65.7 Å². The molecule has 2 aromatic carbocycles. The molecule has 7 nitrogen and oxygen atoms in total. The molecule has 1 heterocycles. The second-order valence-corrected chi connectivity index (χ2v) is 11.8. The van der Waals surface area contributed by atoms with Gasteiger partial charge in [0.2, 0.25) is 0 Å². The third kappa shape index (κ3) is 2.80. The van der Waals surface area contributed by atoms with E-state index in [4.69, 9.17) is 0 Å². The van der Waals surface area contributed by atoms with Gasteiger partial charge in [-0.2, -0.15) is 8.42 Å². The number of carbonyl (C=O) groups is 2. The van der Waals surface area contributed by atoms with Crippen molar-refractivity contribution in [3.8, 4) is 0 Å². The summed E-state index contributed by atoms with van der Waals surface area (Å²) < 4.78 is 28.2. The quantitative estimate of drug-likeness (QED) is 0.744. The smallest absolute Gasteiger partial charge is 0.284 e. The van der Waals surface area contributed by atoms with Crippen LogP contribution in [0, 0.1) is 23.7 Å². The van der Waals surface area contributed by atoms with E-state index in [1.54, 1.807) is 42.5 Å². The first-order valence-electron chi connectivity index (χ1n) is 11.3. The molecule has 1 aliphatic heterocycles. The Labute approximate surface area is 194 Å². The van der Waals surface area contributed by atoms with Crippen LogP contribution in [0.15, 0.2) is 59.5 Å². The molecule has 1 spiro atoms. The molecule has 2 aromatic rings. The molecule has 3 aliphatic rings. The van der Waals surface area contributed by atoms with Crippen LogP contribution in [0.5, 0.6) is 0 Å². The summed E-state index contributed by atoms with van der Waals surface area (Å²) in [6, 6.07) is 14.0. The SMILES string of the molecule is Cc1ccc(S(=O)(=O)N2C(=O)[C@]34CC[C@H](C[C@H]3N2C(=O)[C@@H](O)c2ccccc2)C4(C)C)cc1. The van der Waals surface area contributed by atoms with Gasteiger partial charge in [-0.25, -0.2) is 5.01 Å². The average Bonchev–Trinajstić information content (AvgIpc) is 3.32. The predicted octanol–water partition coefficient (Wildman–Crippen LogP) is 3.20. The van der Waals surface area contributed by atoms with Gasteiger partial charge in [0, 0.05) is 0 Å². The Morgan fingerprint density at radius 3 is 2.33 bits per heavy atom. The number of benzene rings is 2. The molecule has 2 saturated carbocycles. The van der Waals surface area contributed by atoms with Gasteiger partial charge in [-0.1, -0.05) is 61.9 Å². The number of aryl methyl sites for hydroxylation is 1. The molecule has 8 heteroatoms. The highest BCUT2D eigenvalue weighted by molar-refractivity contribution is 7.89. The van der Waals surface area contributed by atoms with E-state index in [9.17, 15) is 23.1 Å². The first kappa shape index (κ1) is 22.1. The molecule has 2 amide bonds. The lowest BCUT2D eigenvalue weighted by Crippen LogP contribution is -2.51. The van der Waals surface area contributed by atoms with Crippen molar-refractivity contribution in [2.24, 2.45) is 16.7 Å². The molecule has 1 saturated heterocycles. The van der Waals surface area contributed by atoms with Crippen molar-refractivity contribution in [1.29, 1.82) is 0 Å². The number of amides is 2. The summed E-state index contributed by atoms with van der Waals surface area (Å²) in [6.07, 6.45) is 0.300. The van der Waals surface area contributed by atoms with E-state index in [-0.39, 0.29) is 10.8 Å². The Kier molecular flexibility index (Phi) is 4.78. The maximum atomic E-state index is 14.0. The highest BCUT2D eigenvalue weighted by Gasteiger charge is 2.76. The molecular weight excluding hydrogens is 440 g/mol. The van der Waals surface area contributed by atoms with Crippen molar-refractivity contribution < 1.29 is 23.1 Å². The molecule has 174 valence electrons. The lowest BCUT2D eigenvalue weighted by atomic mass is 9.68. The highest BCUT2D eigenvalue weighted by atomic mass is 32.2. The number of aliphatic hydroxyl groups excluding tert-OH is 1. The summed E-state index contributed by atoms with van der Waals surface area (Å²) in [5, 5.41) is 12.0. The van der Waals surface area contributed by atoms with E-state index in [0.29, 0.717) is 22.8 Å². The first-order chi connectivity index (χ1) is 15.5. The third-order valence-electron chi connectivity index (χ3n) is 8.30. The van der Waals surface area contributed by atoms with E-state index >= 15 is 0 Å². The first-order valence-corrected chi connectivity index (χ1v) is 12.7. The van der Waals surface area contributed by atoms with E-state index < -0.39 is 44.8 Å². The second-order valence-electron chi connectivity index (χ2n) is 10.0. The van der Waals surface area contributed by atoms with Gasteiger partial charge in [0.1, 0.15) is 0 Å². The van der Waals surface area contributed by atoms with Crippen molar-refractivity contribution in [2.45, 2.75) is 57.1 Å². The zero-order valence-corrected chi connectivity index (χ0v) is 19.7. The Balaban J connectivity index is 1.65. The van der Waals surface area contributed by atoms with Gasteiger partial charge < -0.3 is 5.11 Å². The zero-order chi connectivity index (χ0) is 23.8. The number of aliphatic hydroxyl groups is 1. The number of sulfonamides is 1. The van der Waals surface area contributed by atoms with Gasteiger partial charge in [-0.3, -0.25) is 9.59 Å². The maximum absolute atomic E-state index is 14.0. The monoisotopic (exact) mass is 468 g/mol. The van der Waals surface area contributed by atoms with Crippen LogP contribution >= 0.6 is 0 Å². The number of nitrogens with zero attached hydrogens (tertiary/aromatic N) is 2. The molecular formula is C25H28N2O5S. The lowest BCUT2D eigenvalue weighted by Gasteiger charge is -2.35. The largest absolute Gasteiger partial charge is 0.378 e. The van der Waals surface area contributed by atoms with Gasteiger partial charge >= 0.3 is 0 Å². The number of hydrogen-bond donors (Lipinski definition) is 1. The minimum atomic E-state index is -4.36. The summed E-state index contributed by atoms with van der Waals surface area (Å²) in [7, 11) is -4.36. The second kappa shape index (κ2) is 7.14. The van der Waals surface area contributed by atoms with Gasteiger partial charge in [0.25, 0.3) is 21.8 Å². The van der Waals surface area contributed by atoms with E-state index in [1.165, 1.54) is 12.1 Å². The molecule has 5 rings (SSSR count). The van der Waals surface area contributed by atoms with Crippen LogP contribution in [0.25, 0.3) is 0 Å². The molecule has 2 bridgehead atoms. The zero-order valence-electron chi connectivity index (χ0n) is 18.9. The average molecular weight is 469 g/mol. The number of carbonyl (C=O) groups excluding carboxylic acids is 2. The number of hydrazine groups is 1.